The first kappa shape index (κ1) is 16.8. The molecule has 1 saturated carbocycles. The first-order chi connectivity index (χ1) is 14.8. The van der Waals surface area contributed by atoms with Crippen molar-refractivity contribution >= 4 is 22.7 Å². The zero-order chi connectivity index (χ0) is 19.9. The van der Waals surface area contributed by atoms with Crippen molar-refractivity contribution in [2.24, 2.45) is 0 Å². The lowest BCUT2D eigenvalue weighted by Gasteiger charge is -2.08. The highest BCUT2D eigenvalue weighted by Crippen LogP contribution is 2.39. The van der Waals surface area contributed by atoms with Gasteiger partial charge in [0.05, 0.1) is 6.20 Å². The van der Waals surface area contributed by atoms with Crippen LogP contribution in [0.1, 0.15) is 24.5 Å². The number of aromatic nitrogens is 7. The summed E-state index contributed by atoms with van der Waals surface area (Å²) in [6.07, 6.45) is 7.76. The van der Waals surface area contributed by atoms with Crippen LogP contribution in [0.2, 0.25) is 0 Å². The minimum atomic E-state index is 0.608. The third-order valence-corrected chi connectivity index (χ3v) is 5.28. The molecule has 4 heterocycles. The fourth-order valence-electron chi connectivity index (χ4n) is 3.56. The fraction of sp³-hybridized carbons (Fsp3) is 0.136. The predicted octanol–water partition coefficient (Wildman–Crippen LogP) is 4.43. The molecule has 3 N–H and O–H groups in total. The van der Waals surface area contributed by atoms with Crippen molar-refractivity contribution in [1.29, 1.82) is 0 Å². The standard InChI is InChI=1S/C22H18N8/c1-3-14(16-5-2-8-23-11-16)9-15(4-1)21-25-18-12-24-30-20(18)22(27-21)26-19-10-17(28-29-19)13-6-7-13/h1-5,8-13H,6-7H2,(H,24,30)(H2,25,26,27,28,29). The van der Waals surface area contributed by atoms with Crippen LogP contribution in [-0.2, 0) is 0 Å². The highest BCUT2D eigenvalue weighted by molar-refractivity contribution is 5.88. The van der Waals surface area contributed by atoms with Crippen molar-refractivity contribution in [3.63, 3.8) is 0 Å². The van der Waals surface area contributed by atoms with E-state index in [1.165, 1.54) is 12.8 Å². The molecule has 0 aliphatic heterocycles. The zero-order valence-corrected chi connectivity index (χ0v) is 16.0. The molecule has 6 rings (SSSR count). The summed E-state index contributed by atoms with van der Waals surface area (Å²) in [5.41, 5.74) is 5.68. The van der Waals surface area contributed by atoms with E-state index < -0.39 is 0 Å². The van der Waals surface area contributed by atoms with Gasteiger partial charge in [-0.1, -0.05) is 24.3 Å². The van der Waals surface area contributed by atoms with Crippen LogP contribution in [0.4, 0.5) is 11.6 Å². The Morgan fingerprint density at radius 1 is 0.900 bits per heavy atom. The number of benzene rings is 1. The number of anilines is 2. The van der Waals surface area contributed by atoms with Gasteiger partial charge in [-0.3, -0.25) is 15.2 Å². The molecule has 0 spiro atoms. The normalized spacial score (nSPS) is 13.6. The van der Waals surface area contributed by atoms with E-state index in [1.807, 2.05) is 36.5 Å². The smallest absolute Gasteiger partial charge is 0.162 e. The molecule has 0 amide bonds. The lowest BCUT2D eigenvalue weighted by Crippen LogP contribution is -1.99. The van der Waals surface area contributed by atoms with Crippen molar-refractivity contribution < 1.29 is 0 Å². The lowest BCUT2D eigenvalue weighted by atomic mass is 10.0. The first-order valence-electron chi connectivity index (χ1n) is 9.88. The van der Waals surface area contributed by atoms with Crippen LogP contribution in [0.25, 0.3) is 33.5 Å². The van der Waals surface area contributed by atoms with E-state index in [1.54, 1.807) is 12.4 Å². The molecule has 1 aromatic carbocycles. The minimum Gasteiger partial charge on any atom is -0.322 e. The number of fused-ring (bicyclic) bond motifs is 1. The molecule has 8 nitrogen and oxygen atoms in total. The van der Waals surface area contributed by atoms with Gasteiger partial charge in [-0.25, -0.2) is 9.97 Å². The Kier molecular flexibility index (Phi) is 3.80. The van der Waals surface area contributed by atoms with Gasteiger partial charge in [-0.05, 0) is 30.5 Å². The minimum absolute atomic E-state index is 0.608. The maximum Gasteiger partial charge on any atom is 0.162 e. The van der Waals surface area contributed by atoms with Gasteiger partial charge in [0.15, 0.2) is 17.5 Å². The second-order valence-electron chi connectivity index (χ2n) is 7.46. The molecule has 5 aromatic rings. The Balaban J connectivity index is 1.40. The van der Waals surface area contributed by atoms with Gasteiger partial charge in [0.2, 0.25) is 0 Å². The van der Waals surface area contributed by atoms with Gasteiger partial charge < -0.3 is 5.32 Å². The summed E-state index contributed by atoms with van der Waals surface area (Å²) in [4.78, 5) is 13.7. The van der Waals surface area contributed by atoms with Crippen LogP contribution in [0.3, 0.4) is 0 Å². The van der Waals surface area contributed by atoms with Gasteiger partial charge in [0.1, 0.15) is 11.0 Å². The second-order valence-corrected chi connectivity index (χ2v) is 7.46. The Bertz CT molecular complexity index is 1330. The van der Waals surface area contributed by atoms with E-state index in [-0.39, 0.29) is 0 Å². The monoisotopic (exact) mass is 394 g/mol. The Labute approximate surface area is 171 Å². The van der Waals surface area contributed by atoms with Crippen molar-refractivity contribution in [1.82, 2.24) is 35.3 Å². The van der Waals surface area contributed by atoms with E-state index >= 15 is 0 Å². The molecule has 0 saturated heterocycles. The van der Waals surface area contributed by atoms with Crippen molar-refractivity contribution in [3.8, 4) is 22.5 Å². The summed E-state index contributed by atoms with van der Waals surface area (Å²) in [5.74, 6) is 2.61. The quantitative estimate of drug-likeness (QED) is 0.407. The number of aromatic amines is 2. The summed E-state index contributed by atoms with van der Waals surface area (Å²) in [6, 6.07) is 14.1. The van der Waals surface area contributed by atoms with E-state index in [2.05, 4.69) is 42.8 Å². The molecule has 1 aliphatic rings. The summed E-state index contributed by atoms with van der Waals surface area (Å²) < 4.78 is 0. The number of hydrogen-bond acceptors (Lipinski definition) is 6. The molecule has 1 fully saturated rings. The highest BCUT2D eigenvalue weighted by Gasteiger charge is 2.25. The molecule has 0 radical (unpaired) electrons. The maximum atomic E-state index is 4.78. The Hall–Kier alpha value is -4.07. The molecular weight excluding hydrogens is 376 g/mol. The van der Waals surface area contributed by atoms with Gasteiger partial charge in [-0.15, -0.1) is 0 Å². The predicted molar refractivity (Wildman–Crippen MR) is 114 cm³/mol. The van der Waals surface area contributed by atoms with Crippen LogP contribution in [0.15, 0.2) is 61.1 Å². The van der Waals surface area contributed by atoms with Crippen molar-refractivity contribution in [2.45, 2.75) is 18.8 Å². The molecule has 30 heavy (non-hydrogen) atoms. The third kappa shape index (κ3) is 3.08. The summed E-state index contributed by atoms with van der Waals surface area (Å²) in [5, 5.41) is 17.9. The SMILES string of the molecule is c1cncc(-c2cccc(-c3nc(Nc4cc(C5CC5)[nH]n4)c4[nH]ncc4n3)c2)c1. The lowest BCUT2D eigenvalue weighted by molar-refractivity contribution is 0.966. The average Bonchev–Trinajstić information content (AvgIpc) is 3.34. The zero-order valence-electron chi connectivity index (χ0n) is 16.0. The van der Waals surface area contributed by atoms with Gasteiger partial charge in [-0.2, -0.15) is 10.2 Å². The van der Waals surface area contributed by atoms with E-state index in [0.717, 1.165) is 39.2 Å². The highest BCUT2D eigenvalue weighted by atomic mass is 15.2. The largest absolute Gasteiger partial charge is 0.322 e. The molecule has 0 atom stereocenters. The molecule has 4 aromatic heterocycles. The number of nitrogens with one attached hydrogen (secondary N) is 3. The summed E-state index contributed by atoms with van der Waals surface area (Å²) in [7, 11) is 0. The van der Waals surface area contributed by atoms with Crippen LogP contribution in [0.5, 0.6) is 0 Å². The fourth-order valence-corrected chi connectivity index (χ4v) is 3.56. The molecule has 0 bridgehead atoms. The molecule has 146 valence electrons. The Morgan fingerprint density at radius 2 is 1.80 bits per heavy atom. The molecule has 0 unspecified atom stereocenters. The third-order valence-electron chi connectivity index (χ3n) is 5.28. The number of hydrogen-bond donors (Lipinski definition) is 3. The summed E-state index contributed by atoms with van der Waals surface area (Å²) >= 11 is 0. The number of rotatable bonds is 5. The van der Waals surface area contributed by atoms with E-state index in [4.69, 9.17) is 9.97 Å². The van der Waals surface area contributed by atoms with Crippen LogP contribution in [0, 0.1) is 0 Å². The van der Waals surface area contributed by atoms with Crippen molar-refractivity contribution in [2.75, 3.05) is 5.32 Å². The van der Waals surface area contributed by atoms with Crippen LogP contribution >= 0.6 is 0 Å². The van der Waals surface area contributed by atoms with Crippen LogP contribution in [-0.4, -0.2) is 35.3 Å². The first-order valence-corrected chi connectivity index (χ1v) is 9.88. The summed E-state index contributed by atoms with van der Waals surface area (Å²) in [6.45, 7) is 0. The molecule has 8 heteroatoms. The number of H-pyrrole nitrogens is 2. The maximum absolute atomic E-state index is 4.78. The molecule has 1 aliphatic carbocycles. The topological polar surface area (TPSA) is 108 Å². The van der Waals surface area contributed by atoms with Gasteiger partial charge in [0.25, 0.3) is 0 Å². The van der Waals surface area contributed by atoms with E-state index in [0.29, 0.717) is 17.6 Å². The van der Waals surface area contributed by atoms with Gasteiger partial charge in [0, 0.05) is 41.2 Å². The number of pyridine rings is 1. The Morgan fingerprint density at radius 3 is 2.67 bits per heavy atom. The van der Waals surface area contributed by atoms with E-state index in [9.17, 15) is 0 Å². The van der Waals surface area contributed by atoms with Gasteiger partial charge >= 0.3 is 0 Å². The number of nitrogens with zero attached hydrogens (tertiary/aromatic N) is 5. The molecular formula is C22H18N8. The average molecular weight is 394 g/mol. The van der Waals surface area contributed by atoms with Crippen LogP contribution < -0.4 is 5.32 Å². The van der Waals surface area contributed by atoms with Crippen molar-refractivity contribution in [3.05, 3.63) is 66.7 Å². The second kappa shape index (κ2) is 6.77.